The molecule has 0 radical (unpaired) electrons. The van der Waals surface area contributed by atoms with E-state index in [0.29, 0.717) is 25.4 Å². The number of amides is 1. The Balaban J connectivity index is 2.01. The summed E-state index contributed by atoms with van der Waals surface area (Å²) >= 11 is 4.31. The van der Waals surface area contributed by atoms with Crippen molar-refractivity contribution in [3.05, 3.63) is 23.9 Å². The molecule has 4 nitrogen and oxygen atoms in total. The summed E-state index contributed by atoms with van der Waals surface area (Å²) in [6, 6.07) is 3.72. The first kappa shape index (κ1) is 11.3. The third-order valence-electron chi connectivity index (χ3n) is 2.57. The van der Waals surface area contributed by atoms with Gasteiger partial charge in [-0.15, -0.1) is 0 Å². The molecule has 1 saturated heterocycles. The lowest BCUT2D eigenvalue weighted by Gasteiger charge is -2.15. The highest BCUT2D eigenvalue weighted by molar-refractivity contribution is 7.81. The molecule has 1 aromatic heterocycles. The summed E-state index contributed by atoms with van der Waals surface area (Å²) < 4.78 is 4.97. The first-order chi connectivity index (χ1) is 7.69. The molecular weight excluding hydrogens is 224 g/mol. The summed E-state index contributed by atoms with van der Waals surface area (Å²) in [5, 5.41) is 0.165. The Hall–Kier alpha value is -1.23. The molecule has 16 heavy (non-hydrogen) atoms. The van der Waals surface area contributed by atoms with Crippen LogP contribution in [0.15, 0.2) is 18.3 Å². The summed E-state index contributed by atoms with van der Waals surface area (Å²) in [7, 11) is 1.58. The minimum absolute atomic E-state index is 0.163. The fourth-order valence-electron chi connectivity index (χ4n) is 1.75. The normalized spacial score (nSPS) is 20.2. The number of rotatable bonds is 3. The maximum Gasteiger partial charge on any atom is 0.224 e. The summed E-state index contributed by atoms with van der Waals surface area (Å²) in [4.78, 5) is 17.5. The zero-order valence-electron chi connectivity index (χ0n) is 9.09. The van der Waals surface area contributed by atoms with Crippen molar-refractivity contribution < 1.29 is 9.53 Å². The van der Waals surface area contributed by atoms with Gasteiger partial charge in [0.2, 0.25) is 11.8 Å². The van der Waals surface area contributed by atoms with Gasteiger partial charge in [0.1, 0.15) is 0 Å². The van der Waals surface area contributed by atoms with E-state index in [4.69, 9.17) is 4.74 Å². The van der Waals surface area contributed by atoms with E-state index in [1.807, 2.05) is 6.07 Å². The second-order valence-corrected chi connectivity index (χ2v) is 4.57. The summed E-state index contributed by atoms with van der Waals surface area (Å²) in [5.74, 6) is 0.749. The summed E-state index contributed by atoms with van der Waals surface area (Å²) in [6.07, 6.45) is 2.27. The van der Waals surface area contributed by atoms with Gasteiger partial charge in [0, 0.05) is 37.0 Å². The average molecular weight is 238 g/mol. The lowest BCUT2D eigenvalue weighted by molar-refractivity contribution is -0.128. The second-order valence-electron chi connectivity index (χ2n) is 3.84. The average Bonchev–Trinajstić information content (AvgIpc) is 2.59. The van der Waals surface area contributed by atoms with Crippen molar-refractivity contribution in [2.45, 2.75) is 18.2 Å². The predicted molar refractivity (Wildman–Crippen MR) is 63.6 cm³/mol. The maximum absolute atomic E-state index is 11.5. The predicted octanol–water partition coefficient (Wildman–Crippen LogP) is 1.12. The second kappa shape index (κ2) is 4.74. The van der Waals surface area contributed by atoms with Gasteiger partial charge in [0.15, 0.2) is 0 Å². The maximum atomic E-state index is 11.5. The molecule has 0 bridgehead atoms. The van der Waals surface area contributed by atoms with Gasteiger partial charge in [0.05, 0.1) is 7.11 Å². The van der Waals surface area contributed by atoms with Crippen molar-refractivity contribution in [2.24, 2.45) is 0 Å². The van der Waals surface area contributed by atoms with Crippen molar-refractivity contribution in [2.75, 3.05) is 13.7 Å². The molecule has 1 amide bonds. The highest BCUT2D eigenvalue weighted by Crippen LogP contribution is 2.18. The molecule has 1 unspecified atom stereocenters. The van der Waals surface area contributed by atoms with Gasteiger partial charge in [-0.3, -0.25) is 4.79 Å². The number of likely N-dealkylation sites (tertiary alicyclic amines) is 1. The van der Waals surface area contributed by atoms with Gasteiger partial charge in [-0.1, -0.05) is 6.07 Å². The number of carbonyl (C=O) groups excluding carboxylic acids is 1. The summed E-state index contributed by atoms with van der Waals surface area (Å²) in [5.41, 5.74) is 1.01. The van der Waals surface area contributed by atoms with E-state index in [1.165, 1.54) is 0 Å². The van der Waals surface area contributed by atoms with Crippen molar-refractivity contribution in [3.63, 3.8) is 0 Å². The number of thiol groups is 1. The van der Waals surface area contributed by atoms with E-state index in [2.05, 4.69) is 17.6 Å². The molecule has 0 spiro atoms. The van der Waals surface area contributed by atoms with Crippen LogP contribution in [0.5, 0.6) is 5.88 Å². The van der Waals surface area contributed by atoms with Crippen LogP contribution >= 0.6 is 12.6 Å². The fraction of sp³-hybridized carbons (Fsp3) is 0.455. The lowest BCUT2D eigenvalue weighted by atomic mass is 10.2. The zero-order chi connectivity index (χ0) is 11.5. The molecule has 1 aliphatic rings. The van der Waals surface area contributed by atoms with Crippen molar-refractivity contribution in [3.8, 4) is 5.88 Å². The number of hydrogen-bond acceptors (Lipinski definition) is 4. The van der Waals surface area contributed by atoms with Gasteiger partial charge in [0.25, 0.3) is 0 Å². The van der Waals surface area contributed by atoms with Gasteiger partial charge < -0.3 is 9.64 Å². The van der Waals surface area contributed by atoms with E-state index in [9.17, 15) is 4.79 Å². The Kier molecular flexibility index (Phi) is 3.33. The molecule has 1 fully saturated rings. The first-order valence-electron chi connectivity index (χ1n) is 5.14. The molecule has 5 heteroatoms. The Morgan fingerprint density at radius 3 is 2.94 bits per heavy atom. The Bertz CT molecular complexity index is 380. The molecule has 86 valence electrons. The molecule has 2 heterocycles. The zero-order valence-corrected chi connectivity index (χ0v) is 9.98. The number of carbonyl (C=O) groups is 1. The van der Waals surface area contributed by atoms with E-state index in [0.717, 1.165) is 5.56 Å². The van der Waals surface area contributed by atoms with Crippen molar-refractivity contribution >= 4 is 18.5 Å². The minimum atomic E-state index is 0.163. The molecule has 0 aliphatic carbocycles. The molecule has 0 saturated carbocycles. The molecule has 1 aromatic rings. The molecule has 0 aromatic carbocycles. The van der Waals surface area contributed by atoms with Crippen molar-refractivity contribution in [1.29, 1.82) is 0 Å². The smallest absolute Gasteiger partial charge is 0.224 e. The quantitative estimate of drug-likeness (QED) is 0.802. The number of aromatic nitrogens is 1. The van der Waals surface area contributed by atoms with Crippen LogP contribution in [-0.4, -0.2) is 34.7 Å². The number of pyridine rings is 1. The van der Waals surface area contributed by atoms with Gasteiger partial charge >= 0.3 is 0 Å². The van der Waals surface area contributed by atoms with Gasteiger partial charge in [-0.25, -0.2) is 4.98 Å². The molecule has 1 atom stereocenters. The Labute approximate surface area is 100 Å². The molecule has 0 N–H and O–H groups in total. The third kappa shape index (κ3) is 2.47. The summed E-state index contributed by atoms with van der Waals surface area (Å²) in [6.45, 7) is 1.32. The highest BCUT2D eigenvalue weighted by atomic mass is 32.1. The van der Waals surface area contributed by atoms with Crippen LogP contribution in [0.3, 0.4) is 0 Å². The van der Waals surface area contributed by atoms with Crippen LogP contribution in [0, 0.1) is 0 Å². The van der Waals surface area contributed by atoms with E-state index >= 15 is 0 Å². The lowest BCUT2D eigenvalue weighted by Crippen LogP contribution is -2.24. The molecule has 1 aliphatic heterocycles. The Morgan fingerprint density at radius 1 is 1.62 bits per heavy atom. The number of ether oxygens (including phenoxy) is 1. The first-order valence-corrected chi connectivity index (χ1v) is 5.65. The number of methoxy groups -OCH3 is 1. The Morgan fingerprint density at radius 2 is 2.44 bits per heavy atom. The topological polar surface area (TPSA) is 42.4 Å². The largest absolute Gasteiger partial charge is 0.481 e. The van der Waals surface area contributed by atoms with Crippen LogP contribution in [0.2, 0.25) is 0 Å². The van der Waals surface area contributed by atoms with Gasteiger partial charge in [-0.2, -0.15) is 12.6 Å². The van der Waals surface area contributed by atoms with Crippen LogP contribution in [0.4, 0.5) is 0 Å². The molecule has 2 rings (SSSR count). The van der Waals surface area contributed by atoms with E-state index in [-0.39, 0.29) is 11.2 Å². The SMILES string of the molecule is COc1ccc(CN2CC(S)CC2=O)cn1. The van der Waals surface area contributed by atoms with E-state index < -0.39 is 0 Å². The van der Waals surface area contributed by atoms with Crippen LogP contribution in [-0.2, 0) is 11.3 Å². The monoisotopic (exact) mass is 238 g/mol. The molecular formula is C11H14N2O2S. The fourth-order valence-corrected chi connectivity index (χ4v) is 2.10. The van der Waals surface area contributed by atoms with Crippen LogP contribution in [0.25, 0.3) is 0 Å². The van der Waals surface area contributed by atoms with E-state index in [1.54, 1.807) is 24.3 Å². The highest BCUT2D eigenvalue weighted by Gasteiger charge is 2.26. The van der Waals surface area contributed by atoms with Gasteiger partial charge in [-0.05, 0) is 5.56 Å². The van der Waals surface area contributed by atoms with Crippen LogP contribution in [0.1, 0.15) is 12.0 Å². The minimum Gasteiger partial charge on any atom is -0.481 e. The van der Waals surface area contributed by atoms with Crippen LogP contribution < -0.4 is 4.74 Å². The number of hydrogen-bond donors (Lipinski definition) is 1. The standard InChI is InChI=1S/C11H14N2O2S/c1-15-10-3-2-8(5-12-10)6-13-7-9(16)4-11(13)14/h2-3,5,9,16H,4,6-7H2,1H3. The van der Waals surface area contributed by atoms with Crippen molar-refractivity contribution in [1.82, 2.24) is 9.88 Å². The third-order valence-corrected chi connectivity index (χ3v) is 2.92. The number of nitrogens with zero attached hydrogens (tertiary/aromatic N) is 2.